The second-order valence-electron chi connectivity index (χ2n) is 4.73. The van der Waals surface area contributed by atoms with Crippen LogP contribution in [0.25, 0.3) is 0 Å². The Balaban J connectivity index is 1.95. The summed E-state index contributed by atoms with van der Waals surface area (Å²) < 4.78 is 6.77. The summed E-state index contributed by atoms with van der Waals surface area (Å²) in [5, 5.41) is 39.8. The molecule has 0 aromatic carbocycles. The molecule has 2 aliphatic rings. The van der Waals surface area contributed by atoms with E-state index < -0.39 is 37.3 Å². The molecule has 0 saturated carbocycles. The number of rotatable bonds is 2. The van der Waals surface area contributed by atoms with Gasteiger partial charge in [-0.1, -0.05) is 0 Å². The van der Waals surface area contributed by atoms with E-state index in [0.717, 1.165) is 6.34 Å². The number of aromatic nitrogens is 2. The minimum Gasteiger partial charge on any atom is -0.627 e. The number of imidazole rings is 1. The normalized spacial score (nSPS) is 40.0. The van der Waals surface area contributed by atoms with Crippen LogP contribution in [-0.4, -0.2) is 56.1 Å². The van der Waals surface area contributed by atoms with Crippen molar-refractivity contribution in [3.05, 3.63) is 17.2 Å². The maximum Gasteiger partial charge on any atom is 0.192 e. The largest absolute Gasteiger partial charge is 0.627 e. The molecule has 10 nitrogen and oxygen atoms in total. The van der Waals surface area contributed by atoms with Gasteiger partial charge in [-0.2, -0.15) is 4.99 Å². The van der Waals surface area contributed by atoms with Gasteiger partial charge in [-0.15, -0.1) is 0 Å². The first-order valence-corrected chi connectivity index (χ1v) is 6.07. The Labute approximate surface area is 113 Å². The molecule has 6 N–H and O–H groups in total. The lowest BCUT2D eigenvalue weighted by atomic mass is 10.1. The number of nitrogens with zero attached hydrogens (tertiary/aromatic N) is 3. The molecule has 0 spiro atoms. The molecule has 0 aliphatic carbocycles. The molecule has 0 amide bonds. The number of nitrogens with one attached hydrogen (secondary N) is 1. The van der Waals surface area contributed by atoms with Crippen LogP contribution in [0.2, 0.25) is 0 Å². The summed E-state index contributed by atoms with van der Waals surface area (Å²) >= 11 is 0. The highest BCUT2D eigenvalue weighted by molar-refractivity contribution is 5.56. The first kappa shape index (κ1) is 13.6. The number of aliphatic hydroxyl groups is 3. The quantitative estimate of drug-likeness (QED) is 0.353. The van der Waals surface area contributed by atoms with Crippen LogP contribution in [0.4, 0.5) is 5.82 Å². The molecule has 110 valence electrons. The van der Waals surface area contributed by atoms with E-state index in [1.807, 2.05) is 0 Å². The van der Waals surface area contributed by atoms with Crippen LogP contribution in [0.1, 0.15) is 18.1 Å². The SMILES string of the molecule is NC1c2ncn([C@@H]3O[C@H](CO)[C@@H](O)[C@H]3O)c2N=C[NH+]1[O-]. The van der Waals surface area contributed by atoms with Crippen LogP contribution in [-0.2, 0) is 4.74 Å². The first-order valence-electron chi connectivity index (χ1n) is 6.07. The van der Waals surface area contributed by atoms with E-state index in [9.17, 15) is 15.4 Å². The molecule has 0 bridgehead atoms. The highest BCUT2D eigenvalue weighted by Crippen LogP contribution is 2.34. The number of fused-ring (bicyclic) bond motifs is 1. The summed E-state index contributed by atoms with van der Waals surface area (Å²) in [7, 11) is 0. The van der Waals surface area contributed by atoms with Crippen molar-refractivity contribution in [3.8, 4) is 0 Å². The van der Waals surface area contributed by atoms with E-state index in [0.29, 0.717) is 5.82 Å². The summed E-state index contributed by atoms with van der Waals surface area (Å²) in [6.45, 7) is -0.424. The zero-order valence-corrected chi connectivity index (χ0v) is 10.3. The maximum absolute atomic E-state index is 11.4. The average Bonchev–Trinajstić information content (AvgIpc) is 2.98. The second-order valence-corrected chi connectivity index (χ2v) is 4.73. The van der Waals surface area contributed by atoms with Crippen LogP contribution in [0.3, 0.4) is 0 Å². The number of hydrogen-bond donors (Lipinski definition) is 5. The van der Waals surface area contributed by atoms with Crippen molar-refractivity contribution in [2.24, 2.45) is 10.7 Å². The van der Waals surface area contributed by atoms with Gasteiger partial charge in [0.2, 0.25) is 0 Å². The molecule has 1 fully saturated rings. The lowest BCUT2D eigenvalue weighted by Crippen LogP contribution is -3.08. The zero-order valence-electron chi connectivity index (χ0n) is 10.3. The molecule has 6 atom stereocenters. The van der Waals surface area contributed by atoms with Gasteiger partial charge in [-0.05, 0) is 0 Å². The van der Waals surface area contributed by atoms with Gasteiger partial charge >= 0.3 is 0 Å². The molecule has 20 heavy (non-hydrogen) atoms. The predicted molar refractivity (Wildman–Crippen MR) is 64.6 cm³/mol. The van der Waals surface area contributed by atoms with E-state index in [4.69, 9.17) is 15.6 Å². The number of hydrogen-bond acceptors (Lipinski definition) is 8. The Morgan fingerprint density at radius 3 is 2.85 bits per heavy atom. The lowest BCUT2D eigenvalue weighted by molar-refractivity contribution is -0.780. The van der Waals surface area contributed by atoms with Crippen molar-refractivity contribution in [1.82, 2.24) is 9.55 Å². The highest BCUT2D eigenvalue weighted by atomic mass is 16.6. The summed E-state index contributed by atoms with van der Waals surface area (Å²) in [6, 6.07) is 0. The standard InChI is InChI=1S/C10H15N5O5/c11-8-5-9(13-3-15(8)19)14(2-12-5)10-7(18)6(17)4(1-16)20-10/h2-4,6-8,10,15-18H,1,11H2/t4-,6-,7-,8?,10-/m1/s1. The van der Waals surface area contributed by atoms with Crippen LogP contribution < -0.4 is 10.8 Å². The van der Waals surface area contributed by atoms with Gasteiger partial charge in [0.15, 0.2) is 30.2 Å². The van der Waals surface area contributed by atoms with E-state index in [2.05, 4.69) is 9.98 Å². The van der Waals surface area contributed by atoms with Crippen LogP contribution >= 0.6 is 0 Å². The average molecular weight is 285 g/mol. The fourth-order valence-corrected chi connectivity index (χ4v) is 2.36. The molecule has 1 aromatic rings. The monoisotopic (exact) mass is 285 g/mol. The summed E-state index contributed by atoms with van der Waals surface area (Å²) in [5.74, 6) is 0.298. The minimum atomic E-state index is -1.24. The summed E-state index contributed by atoms with van der Waals surface area (Å²) in [4.78, 5) is 7.96. The number of quaternary nitrogens is 1. The van der Waals surface area contributed by atoms with Crippen molar-refractivity contribution in [3.63, 3.8) is 0 Å². The van der Waals surface area contributed by atoms with E-state index >= 15 is 0 Å². The molecule has 1 aromatic heterocycles. The van der Waals surface area contributed by atoms with Gasteiger partial charge in [0, 0.05) is 0 Å². The summed E-state index contributed by atoms with van der Waals surface area (Å²) in [6.07, 6.45) is -2.78. The predicted octanol–water partition coefficient (Wildman–Crippen LogP) is -3.49. The number of aliphatic hydroxyl groups excluding tert-OH is 3. The molecule has 1 saturated heterocycles. The fourth-order valence-electron chi connectivity index (χ4n) is 2.36. The molecule has 10 heteroatoms. The summed E-state index contributed by atoms with van der Waals surface area (Å²) in [5.41, 5.74) is 6.00. The maximum atomic E-state index is 11.4. The molecular weight excluding hydrogens is 270 g/mol. The van der Waals surface area contributed by atoms with Crippen molar-refractivity contribution >= 4 is 12.2 Å². The first-order chi connectivity index (χ1) is 9.54. The number of ether oxygens (including phenoxy) is 1. The molecule has 0 radical (unpaired) electrons. The van der Waals surface area contributed by atoms with E-state index in [1.165, 1.54) is 10.9 Å². The Kier molecular flexibility index (Phi) is 3.30. The van der Waals surface area contributed by atoms with Crippen molar-refractivity contribution < 1.29 is 25.1 Å². The van der Waals surface area contributed by atoms with Gasteiger partial charge in [-0.3, -0.25) is 10.3 Å². The number of nitrogens with two attached hydrogens (primary N) is 1. The Morgan fingerprint density at radius 2 is 2.20 bits per heavy atom. The van der Waals surface area contributed by atoms with E-state index in [1.54, 1.807) is 0 Å². The van der Waals surface area contributed by atoms with Crippen molar-refractivity contribution in [2.45, 2.75) is 30.7 Å². The third kappa shape index (κ3) is 1.86. The van der Waals surface area contributed by atoms with Gasteiger partial charge in [0.25, 0.3) is 0 Å². The van der Waals surface area contributed by atoms with Crippen LogP contribution in [0.15, 0.2) is 11.3 Å². The Morgan fingerprint density at radius 1 is 1.45 bits per heavy atom. The second kappa shape index (κ2) is 4.86. The Hall–Kier alpha value is -1.40. The highest BCUT2D eigenvalue weighted by Gasteiger charge is 2.44. The van der Waals surface area contributed by atoms with Gasteiger partial charge in [0.1, 0.15) is 18.3 Å². The number of aliphatic imine (C=N–C) groups is 1. The van der Waals surface area contributed by atoms with Gasteiger partial charge in [0.05, 0.1) is 12.9 Å². The molecule has 3 rings (SSSR count). The van der Waals surface area contributed by atoms with Gasteiger partial charge < -0.3 is 30.3 Å². The van der Waals surface area contributed by atoms with Crippen LogP contribution in [0, 0.1) is 5.21 Å². The third-order valence-electron chi connectivity index (χ3n) is 3.50. The Bertz CT molecular complexity index is 534. The third-order valence-corrected chi connectivity index (χ3v) is 3.50. The topological polar surface area (TPSA) is 154 Å². The lowest BCUT2D eigenvalue weighted by Gasteiger charge is -2.26. The molecule has 3 heterocycles. The fraction of sp³-hybridized carbons (Fsp3) is 0.600. The van der Waals surface area contributed by atoms with Gasteiger partial charge in [-0.25, -0.2) is 4.98 Å². The van der Waals surface area contributed by atoms with Crippen LogP contribution in [0.5, 0.6) is 0 Å². The smallest absolute Gasteiger partial charge is 0.192 e. The molecule has 2 aliphatic heterocycles. The molecular formula is C10H15N5O5. The molecule has 2 unspecified atom stereocenters. The minimum absolute atomic E-state index is 0.287. The van der Waals surface area contributed by atoms with Crippen molar-refractivity contribution in [1.29, 1.82) is 0 Å². The van der Waals surface area contributed by atoms with Crippen molar-refractivity contribution in [2.75, 3.05) is 6.61 Å². The zero-order chi connectivity index (χ0) is 14.4. The van der Waals surface area contributed by atoms with E-state index in [-0.39, 0.29) is 10.8 Å². The number of hydroxylamine groups is 2.